The van der Waals surface area contributed by atoms with Gasteiger partial charge >= 0.3 is 0 Å². The van der Waals surface area contributed by atoms with Crippen LogP contribution < -0.4 is 19.5 Å². The van der Waals surface area contributed by atoms with Gasteiger partial charge in [-0.2, -0.15) is 0 Å². The molecule has 0 atom stereocenters. The van der Waals surface area contributed by atoms with E-state index >= 15 is 0 Å². The summed E-state index contributed by atoms with van der Waals surface area (Å²) in [6.07, 6.45) is 0. The maximum Gasteiger partial charge on any atom is 0.258 e. The SMILES string of the molecule is Cc1ccc(C)c(-c2nnc(OCC(=O)NCc3ccc4c(c3)OCO4)c3ccccc23)c1. The number of benzene rings is 3. The van der Waals surface area contributed by atoms with Gasteiger partial charge in [-0.15, -0.1) is 10.2 Å². The van der Waals surface area contributed by atoms with Crippen molar-refractivity contribution in [3.63, 3.8) is 0 Å². The van der Waals surface area contributed by atoms with Gasteiger partial charge in [-0.25, -0.2) is 0 Å². The fraction of sp³-hybridized carbons (Fsp3) is 0.192. The van der Waals surface area contributed by atoms with E-state index in [4.69, 9.17) is 14.2 Å². The van der Waals surface area contributed by atoms with Crippen molar-refractivity contribution in [2.24, 2.45) is 0 Å². The van der Waals surface area contributed by atoms with Crippen molar-refractivity contribution in [3.05, 3.63) is 77.4 Å². The van der Waals surface area contributed by atoms with Crippen molar-refractivity contribution in [3.8, 4) is 28.6 Å². The molecule has 0 saturated heterocycles. The molecule has 1 aromatic heterocycles. The molecule has 1 aliphatic rings. The number of hydrogen-bond acceptors (Lipinski definition) is 6. The summed E-state index contributed by atoms with van der Waals surface area (Å²) < 4.78 is 16.4. The van der Waals surface area contributed by atoms with Crippen LogP contribution in [0, 0.1) is 13.8 Å². The van der Waals surface area contributed by atoms with Crippen LogP contribution in [0.25, 0.3) is 22.0 Å². The number of fused-ring (bicyclic) bond motifs is 2. The smallest absolute Gasteiger partial charge is 0.258 e. The molecule has 1 aliphatic heterocycles. The third-order valence-electron chi connectivity index (χ3n) is 5.57. The number of carbonyl (C=O) groups is 1. The number of aryl methyl sites for hydroxylation is 2. The van der Waals surface area contributed by atoms with Gasteiger partial charge < -0.3 is 19.5 Å². The summed E-state index contributed by atoms with van der Waals surface area (Å²) >= 11 is 0. The van der Waals surface area contributed by atoms with Crippen LogP contribution in [0.4, 0.5) is 0 Å². The third-order valence-corrected chi connectivity index (χ3v) is 5.57. The van der Waals surface area contributed by atoms with Gasteiger partial charge in [0.05, 0.1) is 0 Å². The fourth-order valence-corrected chi connectivity index (χ4v) is 3.81. The first-order valence-electron chi connectivity index (χ1n) is 10.7. The van der Waals surface area contributed by atoms with E-state index in [-0.39, 0.29) is 19.3 Å². The molecular formula is C26H23N3O4. The fourth-order valence-electron chi connectivity index (χ4n) is 3.81. The lowest BCUT2D eigenvalue weighted by molar-refractivity contribution is -0.123. The highest BCUT2D eigenvalue weighted by Gasteiger charge is 2.16. The first-order valence-corrected chi connectivity index (χ1v) is 10.7. The summed E-state index contributed by atoms with van der Waals surface area (Å²) in [6.45, 7) is 4.53. The molecule has 1 N–H and O–H groups in total. The minimum absolute atomic E-state index is 0.161. The standard InChI is InChI=1S/C26H23N3O4/c1-16-7-8-17(2)21(11-16)25-19-5-3-4-6-20(19)26(29-28-25)31-14-24(30)27-13-18-9-10-22-23(12-18)33-15-32-22/h3-12H,13-15H2,1-2H3,(H,27,30). The van der Waals surface area contributed by atoms with Crippen molar-refractivity contribution in [2.45, 2.75) is 20.4 Å². The maximum atomic E-state index is 12.4. The van der Waals surface area contributed by atoms with Gasteiger partial charge in [-0.05, 0) is 49.2 Å². The molecular weight excluding hydrogens is 418 g/mol. The lowest BCUT2D eigenvalue weighted by Gasteiger charge is -2.12. The quantitative estimate of drug-likeness (QED) is 0.479. The Hall–Kier alpha value is -4.13. The molecule has 7 nitrogen and oxygen atoms in total. The molecule has 5 rings (SSSR count). The Balaban J connectivity index is 1.30. The summed E-state index contributed by atoms with van der Waals surface area (Å²) in [5.41, 5.74) is 5.02. The van der Waals surface area contributed by atoms with Crippen molar-refractivity contribution in [1.29, 1.82) is 0 Å². The summed E-state index contributed by atoms with van der Waals surface area (Å²) in [6, 6.07) is 19.6. The average Bonchev–Trinajstić information content (AvgIpc) is 3.31. The van der Waals surface area contributed by atoms with Crippen LogP contribution in [0.2, 0.25) is 0 Å². The van der Waals surface area contributed by atoms with Gasteiger partial charge in [0.25, 0.3) is 5.91 Å². The van der Waals surface area contributed by atoms with E-state index in [1.807, 2.05) is 42.5 Å². The largest absolute Gasteiger partial charge is 0.466 e. The van der Waals surface area contributed by atoms with Gasteiger partial charge in [0.2, 0.25) is 12.7 Å². The number of nitrogens with one attached hydrogen (secondary N) is 1. The molecule has 1 amide bonds. The monoisotopic (exact) mass is 441 g/mol. The molecule has 0 unspecified atom stereocenters. The predicted molar refractivity (Wildman–Crippen MR) is 124 cm³/mol. The van der Waals surface area contributed by atoms with E-state index in [2.05, 4.69) is 47.6 Å². The van der Waals surface area contributed by atoms with E-state index in [1.54, 1.807) is 0 Å². The number of aromatic nitrogens is 2. The molecule has 33 heavy (non-hydrogen) atoms. The molecule has 3 aromatic carbocycles. The first-order chi connectivity index (χ1) is 16.1. The van der Waals surface area contributed by atoms with E-state index < -0.39 is 0 Å². The predicted octanol–water partition coefficient (Wildman–Crippen LogP) is 4.34. The minimum atomic E-state index is -0.253. The van der Waals surface area contributed by atoms with Gasteiger partial charge in [0.15, 0.2) is 18.1 Å². The molecule has 0 aliphatic carbocycles. The number of amides is 1. The van der Waals surface area contributed by atoms with Crippen LogP contribution in [0.15, 0.2) is 60.7 Å². The average molecular weight is 441 g/mol. The van der Waals surface area contributed by atoms with Crippen LogP contribution in [0.3, 0.4) is 0 Å². The lowest BCUT2D eigenvalue weighted by atomic mass is 9.99. The van der Waals surface area contributed by atoms with Gasteiger partial charge in [0, 0.05) is 22.9 Å². The Labute approximate surface area is 191 Å². The van der Waals surface area contributed by atoms with Crippen molar-refractivity contribution in [1.82, 2.24) is 15.5 Å². The van der Waals surface area contributed by atoms with Crippen molar-refractivity contribution < 1.29 is 19.0 Å². The van der Waals surface area contributed by atoms with Crippen molar-refractivity contribution in [2.75, 3.05) is 13.4 Å². The van der Waals surface area contributed by atoms with E-state index in [0.717, 1.165) is 38.7 Å². The van der Waals surface area contributed by atoms with Crippen LogP contribution >= 0.6 is 0 Å². The second-order valence-electron chi connectivity index (χ2n) is 7.97. The Kier molecular flexibility index (Phi) is 5.52. The Morgan fingerprint density at radius 3 is 2.67 bits per heavy atom. The summed E-state index contributed by atoms with van der Waals surface area (Å²) in [5.74, 6) is 1.47. The molecule has 2 heterocycles. The zero-order valence-corrected chi connectivity index (χ0v) is 18.4. The number of rotatable bonds is 6. The number of carbonyl (C=O) groups excluding carboxylic acids is 1. The van der Waals surface area contributed by atoms with E-state index in [0.29, 0.717) is 23.9 Å². The molecule has 166 valence electrons. The third kappa shape index (κ3) is 4.30. The Bertz CT molecular complexity index is 1350. The van der Waals surface area contributed by atoms with Crippen LogP contribution in [0.1, 0.15) is 16.7 Å². The number of nitrogens with zero attached hydrogens (tertiary/aromatic N) is 2. The summed E-state index contributed by atoms with van der Waals surface area (Å²) in [7, 11) is 0. The zero-order chi connectivity index (χ0) is 22.8. The van der Waals surface area contributed by atoms with Crippen LogP contribution in [0.5, 0.6) is 17.4 Å². The van der Waals surface area contributed by atoms with Crippen molar-refractivity contribution >= 4 is 16.7 Å². The Morgan fingerprint density at radius 2 is 1.79 bits per heavy atom. The van der Waals surface area contributed by atoms with Gasteiger partial charge in [0.1, 0.15) is 5.69 Å². The van der Waals surface area contributed by atoms with Crippen LogP contribution in [-0.2, 0) is 11.3 Å². The first kappa shape index (κ1) is 20.8. The number of hydrogen-bond donors (Lipinski definition) is 1. The topological polar surface area (TPSA) is 82.6 Å². The normalized spacial score (nSPS) is 12.1. The highest BCUT2D eigenvalue weighted by molar-refractivity contribution is 5.97. The van der Waals surface area contributed by atoms with E-state index in [1.165, 1.54) is 0 Å². The minimum Gasteiger partial charge on any atom is -0.466 e. The molecule has 0 fully saturated rings. The van der Waals surface area contributed by atoms with E-state index in [9.17, 15) is 4.79 Å². The highest BCUT2D eigenvalue weighted by Crippen LogP contribution is 2.33. The zero-order valence-electron chi connectivity index (χ0n) is 18.4. The molecule has 0 saturated carbocycles. The van der Waals surface area contributed by atoms with Crippen LogP contribution in [-0.4, -0.2) is 29.5 Å². The molecule has 0 radical (unpaired) electrons. The summed E-state index contributed by atoms with van der Waals surface area (Å²) in [5, 5.41) is 13.3. The maximum absolute atomic E-state index is 12.4. The second kappa shape index (κ2) is 8.78. The lowest BCUT2D eigenvalue weighted by Crippen LogP contribution is -2.28. The van der Waals surface area contributed by atoms with Gasteiger partial charge in [-0.1, -0.05) is 42.0 Å². The highest BCUT2D eigenvalue weighted by atomic mass is 16.7. The molecule has 0 spiro atoms. The molecule has 4 aromatic rings. The molecule has 7 heteroatoms. The number of ether oxygens (including phenoxy) is 3. The molecule has 0 bridgehead atoms. The second-order valence-corrected chi connectivity index (χ2v) is 7.97. The Morgan fingerprint density at radius 1 is 0.970 bits per heavy atom. The summed E-state index contributed by atoms with van der Waals surface area (Å²) in [4.78, 5) is 12.4. The van der Waals surface area contributed by atoms with Gasteiger partial charge in [-0.3, -0.25) is 4.79 Å².